The van der Waals surface area contributed by atoms with E-state index in [-0.39, 0.29) is 5.91 Å². The molecule has 0 saturated heterocycles. The third kappa shape index (κ3) is 4.04. The van der Waals surface area contributed by atoms with Crippen molar-refractivity contribution in [3.8, 4) is 5.75 Å². The lowest BCUT2D eigenvalue weighted by Crippen LogP contribution is -2.46. The quantitative estimate of drug-likeness (QED) is 0.904. The predicted molar refractivity (Wildman–Crippen MR) is 86.2 cm³/mol. The summed E-state index contributed by atoms with van der Waals surface area (Å²) in [6.45, 7) is 7.60. The Morgan fingerprint density at radius 3 is 2.64 bits per heavy atom. The van der Waals surface area contributed by atoms with Gasteiger partial charge in [0.1, 0.15) is 17.3 Å². The summed E-state index contributed by atoms with van der Waals surface area (Å²) in [6.07, 6.45) is 0. The number of benzene rings is 1. The molecule has 0 fully saturated rings. The molecule has 1 aromatic heterocycles. The van der Waals surface area contributed by atoms with Crippen LogP contribution >= 0.6 is 11.6 Å². The molecule has 1 heterocycles. The molecule has 0 spiro atoms. The summed E-state index contributed by atoms with van der Waals surface area (Å²) >= 11 is 5.92. The van der Waals surface area contributed by atoms with E-state index in [9.17, 15) is 4.79 Å². The second-order valence-electron chi connectivity index (χ2n) is 5.69. The van der Waals surface area contributed by atoms with E-state index in [4.69, 9.17) is 20.8 Å². The molecule has 1 N–H and O–H groups in total. The molecule has 2 aromatic rings. The Kier molecular flexibility index (Phi) is 4.81. The molecule has 0 radical (unpaired) electrons. The Morgan fingerprint density at radius 2 is 2.05 bits per heavy atom. The Morgan fingerprint density at radius 1 is 1.32 bits per heavy atom. The molecule has 0 unspecified atom stereocenters. The Hall–Kier alpha value is -1.94. The number of halogens is 1. The third-order valence-electron chi connectivity index (χ3n) is 3.30. The highest BCUT2D eigenvalue weighted by Crippen LogP contribution is 2.22. The highest BCUT2D eigenvalue weighted by Gasteiger charge is 2.30. The van der Waals surface area contributed by atoms with Crippen molar-refractivity contribution >= 4 is 17.5 Å². The maximum atomic E-state index is 12.3. The molecule has 22 heavy (non-hydrogen) atoms. The van der Waals surface area contributed by atoms with Gasteiger partial charge in [-0.15, -0.1) is 0 Å². The molecular formula is C17H20ClNO3. The minimum Gasteiger partial charge on any atom is -0.478 e. The van der Waals surface area contributed by atoms with Crippen molar-refractivity contribution in [2.45, 2.75) is 39.8 Å². The number of hydrogen-bond acceptors (Lipinski definition) is 3. The molecular weight excluding hydrogens is 302 g/mol. The number of aryl methyl sites for hydroxylation is 2. The fraction of sp³-hybridized carbons (Fsp3) is 0.353. The van der Waals surface area contributed by atoms with E-state index < -0.39 is 5.60 Å². The van der Waals surface area contributed by atoms with Gasteiger partial charge in [-0.1, -0.05) is 17.7 Å². The average molecular weight is 322 g/mol. The van der Waals surface area contributed by atoms with Gasteiger partial charge in [0.05, 0.1) is 0 Å². The molecule has 1 aromatic carbocycles. The molecule has 5 heteroatoms. The summed E-state index contributed by atoms with van der Waals surface area (Å²) in [5.41, 5.74) is -0.0402. The molecule has 0 aliphatic heterocycles. The number of carbonyl (C=O) groups is 1. The van der Waals surface area contributed by atoms with Gasteiger partial charge < -0.3 is 14.5 Å². The van der Waals surface area contributed by atoms with Crippen LogP contribution in [0.5, 0.6) is 5.75 Å². The summed E-state index contributed by atoms with van der Waals surface area (Å²) in [7, 11) is 0. The predicted octanol–water partition coefficient (Wildman–Crippen LogP) is 4.02. The molecule has 0 aliphatic carbocycles. The van der Waals surface area contributed by atoms with Crippen LogP contribution in [0.4, 0.5) is 0 Å². The number of furan rings is 1. The highest BCUT2D eigenvalue weighted by molar-refractivity contribution is 6.30. The van der Waals surface area contributed by atoms with E-state index >= 15 is 0 Å². The van der Waals surface area contributed by atoms with Crippen molar-refractivity contribution in [1.82, 2.24) is 5.32 Å². The van der Waals surface area contributed by atoms with Crippen molar-refractivity contribution in [2.24, 2.45) is 0 Å². The molecule has 118 valence electrons. The van der Waals surface area contributed by atoms with Crippen molar-refractivity contribution in [3.63, 3.8) is 0 Å². The number of rotatable bonds is 5. The Labute approximate surface area is 135 Å². The molecule has 4 nitrogen and oxygen atoms in total. The van der Waals surface area contributed by atoms with Gasteiger partial charge in [-0.25, -0.2) is 0 Å². The second kappa shape index (κ2) is 6.44. The first kappa shape index (κ1) is 16.4. The van der Waals surface area contributed by atoms with Crippen molar-refractivity contribution < 1.29 is 13.9 Å². The average Bonchev–Trinajstić information content (AvgIpc) is 2.73. The van der Waals surface area contributed by atoms with E-state index in [1.165, 1.54) is 0 Å². The van der Waals surface area contributed by atoms with Crippen LogP contribution in [0.2, 0.25) is 5.02 Å². The lowest BCUT2D eigenvalue weighted by atomic mass is 10.1. The maximum Gasteiger partial charge on any atom is 0.263 e. The van der Waals surface area contributed by atoms with Crippen LogP contribution in [0.15, 0.2) is 34.7 Å². The zero-order valence-electron chi connectivity index (χ0n) is 13.2. The second-order valence-corrected chi connectivity index (χ2v) is 6.13. The van der Waals surface area contributed by atoms with Gasteiger partial charge in [-0.3, -0.25) is 4.79 Å². The zero-order chi connectivity index (χ0) is 16.3. The van der Waals surface area contributed by atoms with Crippen LogP contribution in [0, 0.1) is 13.8 Å². The van der Waals surface area contributed by atoms with Crippen molar-refractivity contribution in [3.05, 3.63) is 52.4 Å². The minimum atomic E-state index is -1.00. The Balaban J connectivity index is 1.99. The monoisotopic (exact) mass is 321 g/mol. The smallest absolute Gasteiger partial charge is 0.263 e. The van der Waals surface area contributed by atoms with Gasteiger partial charge in [0, 0.05) is 17.1 Å². The van der Waals surface area contributed by atoms with Gasteiger partial charge in [-0.2, -0.15) is 0 Å². The normalized spacial score (nSPS) is 11.3. The molecule has 0 saturated carbocycles. The van der Waals surface area contributed by atoms with Crippen LogP contribution in [0.1, 0.15) is 30.9 Å². The van der Waals surface area contributed by atoms with Crippen LogP contribution in [-0.4, -0.2) is 11.5 Å². The van der Waals surface area contributed by atoms with Gasteiger partial charge in [0.2, 0.25) is 0 Å². The van der Waals surface area contributed by atoms with Crippen LogP contribution in [0.3, 0.4) is 0 Å². The number of carbonyl (C=O) groups excluding carboxylic acids is 1. The fourth-order valence-electron chi connectivity index (χ4n) is 2.12. The SMILES string of the molecule is Cc1cc(CNC(=O)C(C)(C)Oc2cccc(Cl)c2)c(C)o1. The standard InChI is InChI=1S/C17H20ClNO3/c1-11-8-13(12(2)21-11)10-19-16(20)17(3,4)22-15-7-5-6-14(18)9-15/h5-9H,10H2,1-4H3,(H,19,20). The largest absolute Gasteiger partial charge is 0.478 e. The van der Waals surface area contributed by atoms with Crippen LogP contribution in [0.25, 0.3) is 0 Å². The van der Waals surface area contributed by atoms with E-state index in [2.05, 4.69) is 5.32 Å². The highest BCUT2D eigenvalue weighted by atomic mass is 35.5. The minimum absolute atomic E-state index is 0.203. The molecule has 0 bridgehead atoms. The molecule has 0 atom stereocenters. The van der Waals surface area contributed by atoms with Crippen molar-refractivity contribution in [2.75, 3.05) is 0 Å². The zero-order valence-corrected chi connectivity index (χ0v) is 14.0. The van der Waals surface area contributed by atoms with E-state index in [0.29, 0.717) is 17.3 Å². The summed E-state index contributed by atoms with van der Waals surface area (Å²) in [5.74, 6) is 2.00. The molecule has 2 rings (SSSR count). The fourth-order valence-corrected chi connectivity index (χ4v) is 2.30. The van der Waals surface area contributed by atoms with Gasteiger partial charge in [0.25, 0.3) is 5.91 Å². The third-order valence-corrected chi connectivity index (χ3v) is 3.53. The number of amides is 1. The summed E-state index contributed by atoms with van der Waals surface area (Å²) in [4.78, 5) is 12.3. The summed E-state index contributed by atoms with van der Waals surface area (Å²) < 4.78 is 11.2. The molecule has 1 amide bonds. The van der Waals surface area contributed by atoms with Gasteiger partial charge in [0.15, 0.2) is 5.60 Å². The maximum absolute atomic E-state index is 12.3. The first-order chi connectivity index (χ1) is 10.3. The number of ether oxygens (including phenoxy) is 1. The lowest BCUT2D eigenvalue weighted by molar-refractivity contribution is -0.134. The summed E-state index contributed by atoms with van der Waals surface area (Å²) in [5, 5.41) is 3.44. The van der Waals surface area contributed by atoms with Crippen molar-refractivity contribution in [1.29, 1.82) is 0 Å². The first-order valence-electron chi connectivity index (χ1n) is 7.07. The molecule has 0 aliphatic rings. The van der Waals surface area contributed by atoms with Gasteiger partial charge >= 0.3 is 0 Å². The number of hydrogen-bond donors (Lipinski definition) is 1. The van der Waals surface area contributed by atoms with E-state index in [0.717, 1.165) is 17.1 Å². The van der Waals surface area contributed by atoms with Gasteiger partial charge in [-0.05, 0) is 52.0 Å². The Bertz CT molecular complexity index is 676. The number of nitrogens with one attached hydrogen (secondary N) is 1. The lowest BCUT2D eigenvalue weighted by Gasteiger charge is -2.25. The van der Waals surface area contributed by atoms with E-state index in [1.54, 1.807) is 38.1 Å². The summed E-state index contributed by atoms with van der Waals surface area (Å²) in [6, 6.07) is 8.90. The topological polar surface area (TPSA) is 51.5 Å². The van der Waals surface area contributed by atoms with Crippen LogP contribution in [-0.2, 0) is 11.3 Å². The van der Waals surface area contributed by atoms with E-state index in [1.807, 2.05) is 19.9 Å². The first-order valence-corrected chi connectivity index (χ1v) is 7.44. The van der Waals surface area contributed by atoms with Crippen LogP contribution < -0.4 is 10.1 Å².